The third kappa shape index (κ3) is 13.1. The molecular formula is C32H55N11O3. The SMILES string of the molecule is CCc1cc(NC2CCN(C(=O)CCCCCC(=O)O)CC2)nc(NCc2nnn(CCCNCCCNC3CCCCC3)n2)n1. The maximum absolute atomic E-state index is 12.6. The quantitative estimate of drug-likeness (QED) is 0.126. The highest BCUT2D eigenvalue weighted by Gasteiger charge is 2.23. The van der Waals surface area contributed by atoms with E-state index in [0.717, 1.165) is 82.1 Å². The summed E-state index contributed by atoms with van der Waals surface area (Å²) >= 11 is 0. The van der Waals surface area contributed by atoms with Gasteiger partial charge in [0.15, 0.2) is 5.82 Å². The zero-order valence-corrected chi connectivity index (χ0v) is 27.7. The Kier molecular flexibility index (Phi) is 15.4. The zero-order chi connectivity index (χ0) is 32.4. The molecule has 2 aliphatic rings. The first-order valence-electron chi connectivity index (χ1n) is 17.6. The molecule has 46 heavy (non-hydrogen) atoms. The van der Waals surface area contributed by atoms with Crippen LogP contribution < -0.4 is 21.3 Å². The first kappa shape index (κ1) is 35.5. The summed E-state index contributed by atoms with van der Waals surface area (Å²) in [6.45, 7) is 7.61. The highest BCUT2D eigenvalue weighted by molar-refractivity contribution is 5.76. The fourth-order valence-corrected chi connectivity index (χ4v) is 6.10. The van der Waals surface area contributed by atoms with Crippen molar-refractivity contribution in [3.05, 3.63) is 17.6 Å². The fourth-order valence-electron chi connectivity index (χ4n) is 6.10. The number of unbranched alkanes of at least 4 members (excludes halogenated alkanes) is 2. The maximum Gasteiger partial charge on any atom is 0.303 e. The van der Waals surface area contributed by atoms with E-state index in [2.05, 4.69) is 53.6 Å². The standard InChI is InChI=1S/C32H55N11O3/c1-2-25-23-28(36-27-15-21-42(22-16-27)30(44)13-7-4-8-14-31(45)46)38-32(37-25)35-24-29-39-41-43(40-29)20-10-18-33-17-9-19-34-26-11-5-3-6-12-26/h23,26-27,33-34H,2-22,24H2,1H3,(H,45,46)(H2,35,36,37,38). The van der Waals surface area contributed by atoms with Crippen molar-refractivity contribution < 1.29 is 14.7 Å². The number of likely N-dealkylation sites (tertiary alicyclic amines) is 1. The van der Waals surface area contributed by atoms with Crippen molar-refractivity contribution in [1.82, 2.24) is 45.7 Å². The third-order valence-electron chi connectivity index (χ3n) is 8.80. The molecule has 2 aromatic heterocycles. The Hall–Kier alpha value is -3.39. The van der Waals surface area contributed by atoms with Crippen molar-refractivity contribution in [1.29, 1.82) is 0 Å². The van der Waals surface area contributed by atoms with Gasteiger partial charge in [0.2, 0.25) is 11.9 Å². The second-order valence-corrected chi connectivity index (χ2v) is 12.6. The predicted octanol–water partition coefficient (Wildman–Crippen LogP) is 3.37. The summed E-state index contributed by atoms with van der Waals surface area (Å²) in [6, 6.07) is 2.93. The number of anilines is 2. The Morgan fingerprint density at radius 3 is 2.48 bits per heavy atom. The molecule has 2 aromatic rings. The first-order valence-corrected chi connectivity index (χ1v) is 17.6. The summed E-state index contributed by atoms with van der Waals surface area (Å²) < 4.78 is 0. The minimum atomic E-state index is -0.780. The van der Waals surface area contributed by atoms with E-state index in [1.165, 1.54) is 32.1 Å². The summed E-state index contributed by atoms with van der Waals surface area (Å²) in [7, 11) is 0. The molecular weight excluding hydrogens is 586 g/mol. The Morgan fingerprint density at radius 1 is 0.913 bits per heavy atom. The van der Waals surface area contributed by atoms with Crippen LogP contribution >= 0.6 is 0 Å². The van der Waals surface area contributed by atoms with Gasteiger partial charge in [0.25, 0.3) is 0 Å². The molecule has 4 rings (SSSR count). The van der Waals surface area contributed by atoms with Crippen molar-refractivity contribution in [2.45, 2.75) is 128 Å². The topological polar surface area (TPSA) is 175 Å². The number of carboxylic acids is 1. The minimum Gasteiger partial charge on any atom is -0.481 e. The number of nitrogens with zero attached hydrogens (tertiary/aromatic N) is 7. The van der Waals surface area contributed by atoms with Crippen molar-refractivity contribution in [2.75, 3.05) is 43.4 Å². The van der Waals surface area contributed by atoms with Crippen molar-refractivity contribution in [2.24, 2.45) is 0 Å². The molecule has 0 aromatic carbocycles. The number of aromatic nitrogens is 6. The molecule has 0 radical (unpaired) electrons. The van der Waals surface area contributed by atoms with Crippen LogP contribution in [0.1, 0.15) is 108 Å². The van der Waals surface area contributed by atoms with E-state index >= 15 is 0 Å². The summed E-state index contributed by atoms with van der Waals surface area (Å²) in [5.74, 6) is 1.27. The van der Waals surface area contributed by atoms with Crippen LogP contribution in [0.4, 0.5) is 11.8 Å². The van der Waals surface area contributed by atoms with Gasteiger partial charge in [-0.3, -0.25) is 9.59 Å². The lowest BCUT2D eigenvalue weighted by molar-refractivity contribution is -0.137. The van der Waals surface area contributed by atoms with Crippen LogP contribution in [-0.2, 0) is 29.1 Å². The van der Waals surface area contributed by atoms with Crippen LogP contribution in [0.25, 0.3) is 0 Å². The number of rotatable bonds is 21. The van der Waals surface area contributed by atoms with Gasteiger partial charge in [-0.2, -0.15) is 9.78 Å². The molecule has 1 aliphatic heterocycles. The van der Waals surface area contributed by atoms with Crippen LogP contribution in [0.2, 0.25) is 0 Å². The van der Waals surface area contributed by atoms with E-state index in [1.807, 2.05) is 11.0 Å². The number of carbonyl (C=O) groups is 2. The lowest BCUT2D eigenvalue weighted by Crippen LogP contribution is -2.42. The Balaban J connectivity index is 1.11. The highest BCUT2D eigenvalue weighted by atomic mass is 16.4. The third-order valence-corrected chi connectivity index (χ3v) is 8.80. The Labute approximate surface area is 273 Å². The van der Waals surface area contributed by atoms with Gasteiger partial charge in [0, 0.05) is 49.8 Å². The van der Waals surface area contributed by atoms with Gasteiger partial charge in [0.05, 0.1) is 13.1 Å². The number of amides is 1. The number of nitrogens with one attached hydrogen (secondary N) is 4. The second-order valence-electron chi connectivity index (χ2n) is 12.6. The molecule has 0 bridgehead atoms. The Bertz CT molecular complexity index is 1180. The van der Waals surface area contributed by atoms with Crippen LogP contribution in [0, 0.1) is 0 Å². The first-order chi connectivity index (χ1) is 22.5. The molecule has 2 fully saturated rings. The van der Waals surface area contributed by atoms with E-state index in [-0.39, 0.29) is 18.4 Å². The van der Waals surface area contributed by atoms with Crippen LogP contribution in [0.15, 0.2) is 6.07 Å². The van der Waals surface area contributed by atoms with E-state index in [1.54, 1.807) is 4.80 Å². The molecule has 3 heterocycles. The van der Waals surface area contributed by atoms with Crippen molar-refractivity contribution in [3.63, 3.8) is 0 Å². The smallest absolute Gasteiger partial charge is 0.303 e. The maximum atomic E-state index is 12.6. The second kappa shape index (κ2) is 20.0. The van der Waals surface area contributed by atoms with E-state index < -0.39 is 5.97 Å². The molecule has 0 spiro atoms. The molecule has 14 heteroatoms. The number of aryl methyl sites for hydroxylation is 2. The molecule has 1 saturated carbocycles. The van der Waals surface area contributed by atoms with Crippen LogP contribution in [0.5, 0.6) is 0 Å². The summed E-state index contributed by atoms with van der Waals surface area (Å²) in [5.41, 5.74) is 0.935. The van der Waals surface area contributed by atoms with E-state index in [4.69, 9.17) is 5.11 Å². The van der Waals surface area contributed by atoms with Gasteiger partial charge in [-0.05, 0) is 82.6 Å². The Morgan fingerprint density at radius 2 is 1.70 bits per heavy atom. The number of tetrazole rings is 1. The van der Waals surface area contributed by atoms with Crippen LogP contribution in [-0.4, -0.2) is 96.9 Å². The lowest BCUT2D eigenvalue weighted by Gasteiger charge is -2.32. The monoisotopic (exact) mass is 641 g/mol. The normalized spacial score (nSPS) is 16.1. The number of piperidine rings is 1. The number of hydrogen-bond acceptors (Lipinski definition) is 11. The minimum absolute atomic E-state index is 0.158. The molecule has 0 unspecified atom stereocenters. The number of aliphatic carboxylic acids is 1. The van der Waals surface area contributed by atoms with E-state index in [0.29, 0.717) is 50.8 Å². The van der Waals surface area contributed by atoms with Gasteiger partial charge < -0.3 is 31.3 Å². The lowest BCUT2D eigenvalue weighted by atomic mass is 9.95. The molecule has 14 nitrogen and oxygen atoms in total. The number of hydrogen-bond donors (Lipinski definition) is 5. The number of carbonyl (C=O) groups excluding carboxylic acids is 1. The summed E-state index contributed by atoms with van der Waals surface area (Å²) in [4.78, 5) is 36.1. The average Bonchev–Trinajstić information content (AvgIpc) is 3.53. The summed E-state index contributed by atoms with van der Waals surface area (Å²) in [6.07, 6.45) is 14.2. The van der Waals surface area contributed by atoms with Gasteiger partial charge in [-0.1, -0.05) is 32.6 Å². The molecule has 1 amide bonds. The van der Waals surface area contributed by atoms with Gasteiger partial charge >= 0.3 is 5.97 Å². The molecule has 1 aliphatic carbocycles. The van der Waals surface area contributed by atoms with Gasteiger partial charge in [-0.25, -0.2) is 4.98 Å². The number of carboxylic acid groups (broad SMARTS) is 1. The van der Waals surface area contributed by atoms with Crippen molar-refractivity contribution >= 4 is 23.6 Å². The highest BCUT2D eigenvalue weighted by Crippen LogP contribution is 2.19. The fraction of sp³-hybridized carbons (Fsp3) is 0.781. The van der Waals surface area contributed by atoms with Gasteiger partial charge in [-0.15, -0.1) is 10.2 Å². The molecule has 1 saturated heterocycles. The molecule has 256 valence electrons. The zero-order valence-electron chi connectivity index (χ0n) is 27.7. The van der Waals surface area contributed by atoms with Crippen molar-refractivity contribution in [3.8, 4) is 0 Å². The molecule has 5 N–H and O–H groups in total. The van der Waals surface area contributed by atoms with E-state index in [9.17, 15) is 9.59 Å². The summed E-state index contributed by atoms with van der Waals surface area (Å²) in [5, 5.41) is 35.7. The molecule has 0 atom stereocenters. The average molecular weight is 642 g/mol. The predicted molar refractivity (Wildman–Crippen MR) is 177 cm³/mol. The van der Waals surface area contributed by atoms with Crippen LogP contribution in [0.3, 0.4) is 0 Å². The largest absolute Gasteiger partial charge is 0.481 e. The van der Waals surface area contributed by atoms with Gasteiger partial charge in [0.1, 0.15) is 5.82 Å².